The van der Waals surface area contributed by atoms with Gasteiger partial charge in [-0.05, 0) is 63.2 Å². The van der Waals surface area contributed by atoms with Crippen LogP contribution in [0.25, 0.3) is 28.0 Å². The number of fused-ring (bicyclic) bond motifs is 1. The van der Waals surface area contributed by atoms with E-state index in [4.69, 9.17) is 17.0 Å². The SMILES string of the molecule is COc1ccc(-c2ccc3cc(/C=C4\SC(=S)NC4=O)ccc3c2)cc1C(C)(C)C. The highest BCUT2D eigenvalue weighted by Gasteiger charge is 2.22. The van der Waals surface area contributed by atoms with E-state index in [1.165, 1.54) is 22.9 Å². The minimum absolute atomic E-state index is 0.00649. The number of thiocarbonyl (C=S) groups is 1. The van der Waals surface area contributed by atoms with Gasteiger partial charge in [0.25, 0.3) is 5.91 Å². The molecule has 0 aromatic heterocycles. The maximum Gasteiger partial charge on any atom is 0.263 e. The first-order chi connectivity index (χ1) is 14.2. The van der Waals surface area contributed by atoms with Crippen molar-refractivity contribution in [3.8, 4) is 16.9 Å². The number of nitrogens with one attached hydrogen (secondary N) is 1. The molecule has 5 heteroatoms. The average molecular weight is 434 g/mol. The smallest absolute Gasteiger partial charge is 0.263 e. The van der Waals surface area contributed by atoms with Crippen LogP contribution in [0.4, 0.5) is 0 Å². The van der Waals surface area contributed by atoms with E-state index in [-0.39, 0.29) is 11.3 Å². The molecule has 1 aliphatic rings. The van der Waals surface area contributed by atoms with Crippen molar-refractivity contribution in [3.63, 3.8) is 0 Å². The summed E-state index contributed by atoms with van der Waals surface area (Å²) >= 11 is 6.36. The summed E-state index contributed by atoms with van der Waals surface area (Å²) in [5, 5.41) is 4.93. The Morgan fingerprint density at radius 2 is 1.63 bits per heavy atom. The highest BCUT2D eigenvalue weighted by molar-refractivity contribution is 8.26. The van der Waals surface area contributed by atoms with Crippen LogP contribution in [-0.2, 0) is 10.2 Å². The van der Waals surface area contributed by atoms with Crippen molar-refractivity contribution in [2.24, 2.45) is 0 Å². The monoisotopic (exact) mass is 433 g/mol. The summed E-state index contributed by atoms with van der Waals surface area (Å²) in [4.78, 5) is 12.5. The number of thioether (sulfide) groups is 1. The van der Waals surface area contributed by atoms with Gasteiger partial charge in [0, 0.05) is 5.56 Å². The van der Waals surface area contributed by atoms with E-state index in [0.717, 1.165) is 27.6 Å². The normalized spacial score (nSPS) is 15.7. The molecule has 30 heavy (non-hydrogen) atoms. The van der Waals surface area contributed by atoms with Crippen LogP contribution >= 0.6 is 24.0 Å². The molecule has 1 saturated heterocycles. The number of benzene rings is 3. The minimum atomic E-state index is -0.130. The summed E-state index contributed by atoms with van der Waals surface area (Å²) < 4.78 is 6.08. The Hall–Kier alpha value is -2.63. The second-order valence-corrected chi connectivity index (χ2v) is 10.1. The van der Waals surface area contributed by atoms with Gasteiger partial charge in [-0.3, -0.25) is 4.79 Å². The number of carbonyl (C=O) groups excluding carboxylic acids is 1. The molecule has 4 rings (SSSR count). The zero-order chi connectivity index (χ0) is 21.5. The topological polar surface area (TPSA) is 38.3 Å². The molecule has 0 unspecified atom stereocenters. The third-order valence-corrected chi connectivity index (χ3v) is 6.31. The molecule has 1 amide bonds. The van der Waals surface area contributed by atoms with Crippen LogP contribution in [0, 0.1) is 0 Å². The van der Waals surface area contributed by atoms with Crippen LogP contribution in [0.1, 0.15) is 31.9 Å². The van der Waals surface area contributed by atoms with Gasteiger partial charge in [-0.15, -0.1) is 0 Å². The number of hydrogen-bond donors (Lipinski definition) is 1. The molecule has 152 valence electrons. The van der Waals surface area contributed by atoms with E-state index in [1.807, 2.05) is 18.2 Å². The summed E-state index contributed by atoms with van der Waals surface area (Å²) in [6, 6.07) is 19.1. The van der Waals surface area contributed by atoms with Gasteiger partial charge >= 0.3 is 0 Å². The molecule has 3 nitrogen and oxygen atoms in total. The predicted octanol–water partition coefficient (Wildman–Crippen LogP) is 6.30. The first-order valence-electron chi connectivity index (χ1n) is 9.72. The zero-order valence-electron chi connectivity index (χ0n) is 17.4. The second-order valence-electron chi connectivity index (χ2n) is 8.34. The zero-order valence-corrected chi connectivity index (χ0v) is 19.0. The lowest BCUT2D eigenvalue weighted by Crippen LogP contribution is -2.17. The van der Waals surface area contributed by atoms with E-state index in [1.54, 1.807) is 7.11 Å². The number of carbonyl (C=O) groups is 1. The molecule has 3 aromatic rings. The number of methoxy groups -OCH3 is 1. The van der Waals surface area contributed by atoms with Gasteiger partial charge in [-0.25, -0.2) is 0 Å². The summed E-state index contributed by atoms with van der Waals surface area (Å²) in [6.07, 6.45) is 1.88. The molecule has 1 fully saturated rings. The maximum absolute atomic E-state index is 11.9. The van der Waals surface area contributed by atoms with Crippen LogP contribution in [0.2, 0.25) is 0 Å². The maximum atomic E-state index is 11.9. The molecule has 0 saturated carbocycles. The first-order valence-corrected chi connectivity index (χ1v) is 10.9. The van der Waals surface area contributed by atoms with Crippen molar-refractivity contribution in [2.75, 3.05) is 7.11 Å². The number of ether oxygens (including phenoxy) is 1. The van der Waals surface area contributed by atoms with Crippen molar-refractivity contribution < 1.29 is 9.53 Å². The molecule has 0 radical (unpaired) electrons. The van der Waals surface area contributed by atoms with Crippen molar-refractivity contribution in [2.45, 2.75) is 26.2 Å². The lowest BCUT2D eigenvalue weighted by molar-refractivity contribution is -0.115. The lowest BCUT2D eigenvalue weighted by atomic mass is 9.84. The summed E-state index contributed by atoms with van der Waals surface area (Å²) in [5.74, 6) is 0.785. The molecule has 0 spiro atoms. The minimum Gasteiger partial charge on any atom is -0.496 e. The molecular formula is C25H23NO2S2. The fraction of sp³-hybridized carbons (Fsp3) is 0.200. The second kappa shape index (κ2) is 7.89. The Bertz CT molecular complexity index is 1210. The van der Waals surface area contributed by atoms with Crippen LogP contribution in [-0.4, -0.2) is 17.3 Å². The van der Waals surface area contributed by atoms with Gasteiger partial charge in [0.2, 0.25) is 0 Å². The van der Waals surface area contributed by atoms with Gasteiger partial charge in [-0.1, -0.05) is 75.1 Å². The molecule has 0 aliphatic carbocycles. The number of amides is 1. The highest BCUT2D eigenvalue weighted by Crippen LogP contribution is 2.36. The molecule has 1 N–H and O–H groups in total. The van der Waals surface area contributed by atoms with Crippen molar-refractivity contribution in [1.82, 2.24) is 5.32 Å². The van der Waals surface area contributed by atoms with Crippen LogP contribution in [0.3, 0.4) is 0 Å². The third-order valence-electron chi connectivity index (χ3n) is 5.14. The Morgan fingerprint density at radius 3 is 2.30 bits per heavy atom. The Kier molecular flexibility index (Phi) is 5.43. The Labute approximate surface area is 186 Å². The molecule has 0 bridgehead atoms. The third kappa shape index (κ3) is 4.13. The van der Waals surface area contributed by atoms with E-state index in [2.05, 4.69) is 68.6 Å². The Morgan fingerprint density at radius 1 is 0.967 bits per heavy atom. The van der Waals surface area contributed by atoms with E-state index in [9.17, 15) is 4.79 Å². The lowest BCUT2D eigenvalue weighted by Gasteiger charge is -2.23. The van der Waals surface area contributed by atoms with Crippen molar-refractivity contribution in [1.29, 1.82) is 0 Å². The van der Waals surface area contributed by atoms with Crippen LogP contribution < -0.4 is 10.1 Å². The summed E-state index contributed by atoms with van der Waals surface area (Å²) in [7, 11) is 1.72. The van der Waals surface area contributed by atoms with Gasteiger partial charge in [0.15, 0.2) is 0 Å². The quantitative estimate of drug-likeness (QED) is 0.388. The molecule has 0 atom stereocenters. The molecule has 1 heterocycles. The number of rotatable bonds is 3. The average Bonchev–Trinajstić information content (AvgIpc) is 3.03. The fourth-order valence-corrected chi connectivity index (χ4v) is 4.62. The summed E-state index contributed by atoms with van der Waals surface area (Å²) in [6.45, 7) is 6.59. The van der Waals surface area contributed by atoms with Gasteiger partial charge in [-0.2, -0.15) is 0 Å². The largest absolute Gasteiger partial charge is 0.496 e. The van der Waals surface area contributed by atoms with Crippen LogP contribution in [0.15, 0.2) is 59.5 Å². The van der Waals surface area contributed by atoms with Gasteiger partial charge < -0.3 is 10.1 Å². The fourth-order valence-electron chi connectivity index (χ4n) is 3.58. The van der Waals surface area contributed by atoms with Crippen molar-refractivity contribution in [3.05, 3.63) is 70.6 Å². The predicted molar refractivity (Wildman–Crippen MR) is 131 cm³/mol. The molecule has 3 aromatic carbocycles. The van der Waals surface area contributed by atoms with E-state index >= 15 is 0 Å². The van der Waals surface area contributed by atoms with E-state index in [0.29, 0.717) is 9.23 Å². The standard InChI is InChI=1S/C25H23NO2S2/c1-25(2,3)20-14-19(9-10-21(20)28-4)18-8-7-16-11-15(5-6-17(16)13-18)12-22-23(27)26-24(29)30-22/h5-14H,1-4H3,(H,26,27,29)/b22-12-. The van der Waals surface area contributed by atoms with Gasteiger partial charge in [0.1, 0.15) is 10.1 Å². The number of hydrogen-bond acceptors (Lipinski definition) is 4. The van der Waals surface area contributed by atoms with Gasteiger partial charge in [0.05, 0.1) is 12.0 Å². The highest BCUT2D eigenvalue weighted by atomic mass is 32.2. The van der Waals surface area contributed by atoms with E-state index < -0.39 is 0 Å². The first kappa shape index (κ1) is 20.6. The molecule has 1 aliphatic heterocycles. The Balaban J connectivity index is 1.70. The summed E-state index contributed by atoms with van der Waals surface area (Å²) in [5.41, 5.74) is 4.50. The molecular weight excluding hydrogens is 410 g/mol. The van der Waals surface area contributed by atoms with Crippen LogP contribution in [0.5, 0.6) is 5.75 Å². The van der Waals surface area contributed by atoms with Crippen molar-refractivity contribution >= 4 is 51.1 Å².